The van der Waals surface area contributed by atoms with Crippen LogP contribution in [-0.2, 0) is 4.74 Å². The van der Waals surface area contributed by atoms with Gasteiger partial charge >= 0.3 is 0 Å². The largest absolute Gasteiger partial charge is 0.393 e. The van der Waals surface area contributed by atoms with Crippen LogP contribution in [0.3, 0.4) is 0 Å². The topological polar surface area (TPSA) is 68.3 Å². The van der Waals surface area contributed by atoms with E-state index in [9.17, 15) is 0 Å². The Kier molecular flexibility index (Phi) is 7.26. The first-order valence-corrected chi connectivity index (χ1v) is 9.35. The van der Waals surface area contributed by atoms with Gasteiger partial charge < -0.3 is 10.5 Å². The fourth-order valence-electron chi connectivity index (χ4n) is 0.902. The summed E-state index contributed by atoms with van der Waals surface area (Å²) < 4.78 is 5.24. The second-order valence-electron chi connectivity index (χ2n) is 4.79. The molecule has 96 valence electrons. The minimum atomic E-state index is -0.819. The van der Waals surface area contributed by atoms with Gasteiger partial charge in [0, 0.05) is 21.3 Å². The highest BCUT2D eigenvalue weighted by atomic mass is 28.3. The van der Waals surface area contributed by atoms with Crippen molar-refractivity contribution < 1.29 is 4.74 Å². The predicted octanol–water partition coefficient (Wildman–Crippen LogP) is 2.90. The number of ether oxygens (including phenoxy) is 1. The molecule has 0 amide bonds. The van der Waals surface area contributed by atoms with Crippen LogP contribution in [0.25, 0.3) is 4.85 Å². The number of nitrogens with zero attached hydrogens (tertiary/aromatic N) is 2. The average molecular weight is 254 g/mol. The molecule has 1 aromatic rings. The number of aromatic nitrogens is 2. The van der Waals surface area contributed by atoms with Crippen molar-refractivity contribution in [3.63, 3.8) is 0 Å². The molecule has 0 aliphatic carbocycles. The molecule has 0 saturated carbocycles. The summed E-state index contributed by atoms with van der Waals surface area (Å²) in [5, 5.41) is 5.96. The summed E-state index contributed by atoms with van der Waals surface area (Å²) in [5.41, 5.74) is 5.60. The van der Waals surface area contributed by atoms with E-state index in [4.69, 9.17) is 17.0 Å². The minimum Gasteiger partial charge on any atom is -0.393 e. The third-order valence-corrected chi connectivity index (χ3v) is 3.67. The second kappa shape index (κ2) is 7.87. The van der Waals surface area contributed by atoms with E-state index in [2.05, 4.69) is 34.7 Å². The number of rotatable bonds is 4. The van der Waals surface area contributed by atoms with E-state index >= 15 is 0 Å². The Hall–Kier alpha value is -1.32. The van der Waals surface area contributed by atoms with Crippen LogP contribution in [0.15, 0.2) is 6.20 Å². The van der Waals surface area contributed by atoms with E-state index in [1.165, 1.54) is 12.2 Å². The van der Waals surface area contributed by atoms with Gasteiger partial charge in [-0.2, -0.15) is 5.10 Å². The van der Waals surface area contributed by atoms with E-state index in [1.54, 1.807) is 0 Å². The van der Waals surface area contributed by atoms with Gasteiger partial charge in [0.2, 0.25) is 5.69 Å². The van der Waals surface area contributed by atoms with Gasteiger partial charge in [0.1, 0.15) is 5.82 Å². The fraction of sp³-hybridized carbons (Fsp3) is 0.636. The molecule has 6 heteroatoms. The lowest BCUT2D eigenvalue weighted by Gasteiger charge is -2.14. The Morgan fingerprint density at radius 2 is 2.18 bits per heavy atom. The van der Waals surface area contributed by atoms with Gasteiger partial charge in [0.25, 0.3) is 0 Å². The number of nitrogen functional groups attached to an aromatic ring is 1. The molecule has 1 heterocycles. The van der Waals surface area contributed by atoms with Crippen molar-refractivity contribution in [2.24, 2.45) is 0 Å². The number of H-pyrrole nitrogens is 1. The molecule has 0 bridgehead atoms. The lowest BCUT2D eigenvalue weighted by molar-refractivity contribution is 0.161. The standard InChI is InChI=1S/C7H18OSi.C4H4N4/c1-5-8-6-7-9(2,3)4;1-6-3-2-7-8-4(3)5/h5-7H2,1-4H3;2H,(H3,5,7,8). The van der Waals surface area contributed by atoms with Gasteiger partial charge in [0.15, 0.2) is 0 Å². The normalized spacial score (nSPS) is 10.3. The van der Waals surface area contributed by atoms with Crippen molar-refractivity contribution in [3.8, 4) is 0 Å². The van der Waals surface area contributed by atoms with Crippen molar-refractivity contribution in [1.82, 2.24) is 10.2 Å². The van der Waals surface area contributed by atoms with Crippen LogP contribution in [0, 0.1) is 6.57 Å². The molecule has 1 rings (SSSR count). The first-order valence-electron chi connectivity index (χ1n) is 5.64. The summed E-state index contributed by atoms with van der Waals surface area (Å²) in [6.07, 6.45) is 1.39. The zero-order valence-electron chi connectivity index (χ0n) is 11.1. The Balaban J connectivity index is 0.000000302. The molecule has 0 fully saturated rings. The molecule has 17 heavy (non-hydrogen) atoms. The molecule has 3 N–H and O–H groups in total. The molecule has 0 spiro atoms. The lowest BCUT2D eigenvalue weighted by Crippen LogP contribution is -2.21. The smallest absolute Gasteiger partial charge is 0.246 e. The monoisotopic (exact) mass is 254 g/mol. The number of aromatic amines is 1. The van der Waals surface area contributed by atoms with Crippen LogP contribution in [0.5, 0.6) is 0 Å². The van der Waals surface area contributed by atoms with Crippen molar-refractivity contribution in [3.05, 3.63) is 17.6 Å². The maximum Gasteiger partial charge on any atom is 0.246 e. The lowest BCUT2D eigenvalue weighted by atomic mass is 10.5. The summed E-state index contributed by atoms with van der Waals surface area (Å²) in [6.45, 7) is 17.5. The molecule has 0 aliphatic rings. The molecule has 0 aromatic carbocycles. The van der Waals surface area contributed by atoms with Crippen LogP contribution in [0.2, 0.25) is 25.7 Å². The van der Waals surface area contributed by atoms with Crippen molar-refractivity contribution >= 4 is 19.6 Å². The highest BCUT2D eigenvalue weighted by molar-refractivity contribution is 6.76. The van der Waals surface area contributed by atoms with Crippen LogP contribution in [0.1, 0.15) is 6.92 Å². The summed E-state index contributed by atoms with van der Waals surface area (Å²) in [4.78, 5) is 3.06. The Labute approximate surface area is 104 Å². The van der Waals surface area contributed by atoms with E-state index in [1.807, 2.05) is 6.92 Å². The van der Waals surface area contributed by atoms with Gasteiger partial charge in [-0.1, -0.05) is 19.6 Å². The van der Waals surface area contributed by atoms with E-state index in [0.717, 1.165) is 13.2 Å². The molecule has 0 saturated heterocycles. The molecule has 0 radical (unpaired) electrons. The number of anilines is 1. The van der Waals surface area contributed by atoms with Crippen molar-refractivity contribution in [1.29, 1.82) is 0 Å². The Morgan fingerprint density at radius 1 is 1.53 bits per heavy atom. The highest BCUT2D eigenvalue weighted by Crippen LogP contribution is 2.15. The number of hydrogen-bond donors (Lipinski definition) is 2. The zero-order chi connectivity index (χ0) is 13.3. The van der Waals surface area contributed by atoms with Crippen LogP contribution < -0.4 is 5.73 Å². The maximum atomic E-state index is 6.49. The third kappa shape index (κ3) is 8.48. The molecular formula is C11H22N4OSi. The third-order valence-electron chi connectivity index (χ3n) is 1.97. The molecule has 5 nitrogen and oxygen atoms in total. The predicted molar refractivity (Wildman–Crippen MR) is 73.9 cm³/mol. The zero-order valence-corrected chi connectivity index (χ0v) is 12.1. The fourth-order valence-corrected chi connectivity index (χ4v) is 1.66. The molecule has 0 unspecified atom stereocenters. The Morgan fingerprint density at radius 3 is 2.47 bits per heavy atom. The second-order valence-corrected chi connectivity index (χ2v) is 10.4. The number of nitrogens with one attached hydrogen (secondary N) is 1. The number of hydrogen-bond acceptors (Lipinski definition) is 3. The first-order chi connectivity index (χ1) is 7.90. The van der Waals surface area contributed by atoms with Gasteiger partial charge in [-0.3, -0.25) is 5.10 Å². The van der Waals surface area contributed by atoms with Gasteiger partial charge in [0.05, 0.1) is 12.8 Å². The van der Waals surface area contributed by atoms with Gasteiger partial charge in [-0.15, -0.1) is 0 Å². The highest BCUT2D eigenvalue weighted by Gasteiger charge is 2.11. The SMILES string of the molecule is CCOCC[Si](C)(C)C.[C-]#[N+]c1cn[nH]c1N. The van der Waals surface area contributed by atoms with E-state index < -0.39 is 8.07 Å². The van der Waals surface area contributed by atoms with E-state index in [0.29, 0.717) is 11.5 Å². The van der Waals surface area contributed by atoms with E-state index in [-0.39, 0.29) is 0 Å². The number of nitrogens with two attached hydrogens (primary N) is 1. The first kappa shape index (κ1) is 15.7. The summed E-state index contributed by atoms with van der Waals surface area (Å²) >= 11 is 0. The maximum absolute atomic E-state index is 6.49. The average Bonchev–Trinajstić information content (AvgIpc) is 2.63. The summed E-state index contributed by atoms with van der Waals surface area (Å²) in [7, 11) is -0.819. The van der Waals surface area contributed by atoms with Crippen LogP contribution in [-0.4, -0.2) is 31.5 Å². The minimum absolute atomic E-state index is 0.333. The summed E-state index contributed by atoms with van der Waals surface area (Å²) in [5.74, 6) is 0.333. The summed E-state index contributed by atoms with van der Waals surface area (Å²) in [6, 6.07) is 1.29. The molecular weight excluding hydrogens is 232 g/mol. The molecule has 1 aromatic heterocycles. The van der Waals surface area contributed by atoms with Gasteiger partial charge in [-0.25, -0.2) is 4.85 Å². The quantitative estimate of drug-likeness (QED) is 0.493. The van der Waals surface area contributed by atoms with Crippen LogP contribution >= 0.6 is 0 Å². The molecule has 0 aliphatic heterocycles. The molecule has 0 atom stereocenters. The van der Waals surface area contributed by atoms with Gasteiger partial charge in [-0.05, 0) is 13.0 Å². The Bertz CT molecular complexity index is 351. The van der Waals surface area contributed by atoms with Crippen molar-refractivity contribution in [2.45, 2.75) is 32.6 Å². The van der Waals surface area contributed by atoms with Crippen molar-refractivity contribution in [2.75, 3.05) is 18.9 Å². The van der Waals surface area contributed by atoms with Crippen LogP contribution in [0.4, 0.5) is 11.5 Å².